The lowest BCUT2D eigenvalue weighted by Gasteiger charge is -2.05. The number of nitrogens with zero attached hydrogens (tertiary/aromatic N) is 1. The van der Waals surface area contributed by atoms with E-state index in [0.717, 1.165) is 16.1 Å². The molecule has 3 aromatic rings. The minimum Gasteiger partial charge on any atom is -0.352 e. The van der Waals surface area contributed by atoms with Crippen LogP contribution in [0.1, 0.15) is 28.9 Å². The van der Waals surface area contributed by atoms with Gasteiger partial charge < -0.3 is 10.6 Å². The number of hydrogen-bond donors (Lipinski definition) is 2. The molecule has 0 spiro atoms. The Labute approximate surface area is 162 Å². The van der Waals surface area contributed by atoms with Crippen molar-refractivity contribution < 1.29 is 9.59 Å². The summed E-state index contributed by atoms with van der Waals surface area (Å²) in [4.78, 5) is 29.6. The Morgan fingerprint density at radius 2 is 1.67 bits per heavy atom. The largest absolute Gasteiger partial charge is 0.352 e. The first kappa shape index (κ1) is 18.8. The van der Waals surface area contributed by atoms with Crippen molar-refractivity contribution in [1.82, 2.24) is 10.3 Å². The van der Waals surface area contributed by atoms with Crippen LogP contribution in [0.2, 0.25) is 0 Å². The molecule has 0 radical (unpaired) electrons. The summed E-state index contributed by atoms with van der Waals surface area (Å²) < 4.78 is 0. The normalized spacial score (nSPS) is 10.4. The van der Waals surface area contributed by atoms with Gasteiger partial charge in [0.2, 0.25) is 5.91 Å². The lowest BCUT2D eigenvalue weighted by Crippen LogP contribution is -2.25. The number of hydrogen-bond acceptors (Lipinski definition) is 4. The second-order valence-electron chi connectivity index (χ2n) is 6.07. The lowest BCUT2D eigenvalue weighted by molar-refractivity contribution is -0.116. The van der Waals surface area contributed by atoms with E-state index in [4.69, 9.17) is 0 Å². The Morgan fingerprint density at radius 3 is 2.37 bits per heavy atom. The molecule has 0 unspecified atom stereocenters. The summed E-state index contributed by atoms with van der Waals surface area (Å²) in [6.45, 7) is 2.39. The van der Waals surface area contributed by atoms with E-state index in [1.165, 1.54) is 11.3 Å². The van der Waals surface area contributed by atoms with E-state index in [9.17, 15) is 9.59 Å². The Bertz CT molecular complexity index is 908. The number of rotatable bonds is 7. The molecule has 2 N–H and O–H groups in total. The van der Waals surface area contributed by atoms with Gasteiger partial charge >= 0.3 is 0 Å². The van der Waals surface area contributed by atoms with Gasteiger partial charge in [-0.05, 0) is 31.0 Å². The number of anilines is 1. The SMILES string of the molecule is Cc1nc(NC(=O)CCCNC(=O)c2ccccc2)sc1-c1ccccc1. The average Bonchev–Trinajstić information content (AvgIpc) is 3.06. The van der Waals surface area contributed by atoms with Crippen molar-refractivity contribution in [2.24, 2.45) is 0 Å². The number of aryl methyl sites for hydroxylation is 1. The highest BCUT2D eigenvalue weighted by Gasteiger charge is 2.12. The zero-order chi connectivity index (χ0) is 19.1. The number of carbonyl (C=O) groups is 2. The summed E-state index contributed by atoms with van der Waals surface area (Å²) in [5.41, 5.74) is 2.61. The summed E-state index contributed by atoms with van der Waals surface area (Å²) in [5.74, 6) is -0.226. The van der Waals surface area contributed by atoms with E-state index >= 15 is 0 Å². The van der Waals surface area contributed by atoms with Crippen LogP contribution in [0.15, 0.2) is 60.7 Å². The van der Waals surface area contributed by atoms with Crippen LogP contribution >= 0.6 is 11.3 Å². The van der Waals surface area contributed by atoms with Crippen molar-refractivity contribution >= 4 is 28.3 Å². The quantitative estimate of drug-likeness (QED) is 0.602. The lowest BCUT2D eigenvalue weighted by atomic mass is 10.2. The second-order valence-corrected chi connectivity index (χ2v) is 7.07. The highest BCUT2D eigenvalue weighted by Crippen LogP contribution is 2.32. The van der Waals surface area contributed by atoms with Crippen LogP contribution in [0.4, 0.5) is 5.13 Å². The van der Waals surface area contributed by atoms with E-state index in [0.29, 0.717) is 30.1 Å². The molecule has 2 amide bonds. The zero-order valence-corrected chi connectivity index (χ0v) is 15.9. The van der Waals surface area contributed by atoms with E-state index in [-0.39, 0.29) is 11.8 Å². The van der Waals surface area contributed by atoms with Crippen LogP contribution < -0.4 is 10.6 Å². The van der Waals surface area contributed by atoms with Crippen molar-refractivity contribution in [3.63, 3.8) is 0 Å². The second kappa shape index (κ2) is 9.09. The number of carbonyl (C=O) groups excluding carboxylic acids is 2. The maximum Gasteiger partial charge on any atom is 0.251 e. The number of nitrogens with one attached hydrogen (secondary N) is 2. The fraction of sp³-hybridized carbons (Fsp3) is 0.190. The average molecular weight is 379 g/mol. The third-order valence-electron chi connectivity index (χ3n) is 3.98. The predicted octanol–water partition coefficient (Wildman–Crippen LogP) is 4.27. The first-order chi connectivity index (χ1) is 13.1. The molecule has 27 heavy (non-hydrogen) atoms. The van der Waals surface area contributed by atoms with E-state index in [1.54, 1.807) is 12.1 Å². The van der Waals surface area contributed by atoms with Crippen molar-refractivity contribution in [2.75, 3.05) is 11.9 Å². The highest BCUT2D eigenvalue weighted by atomic mass is 32.1. The fourth-order valence-corrected chi connectivity index (χ4v) is 3.62. The molecule has 3 rings (SSSR count). The van der Waals surface area contributed by atoms with Gasteiger partial charge in [-0.1, -0.05) is 59.9 Å². The molecule has 2 aromatic carbocycles. The summed E-state index contributed by atoms with van der Waals surface area (Å²) in [6.07, 6.45) is 0.897. The molecule has 0 bridgehead atoms. The van der Waals surface area contributed by atoms with Crippen LogP contribution in [0, 0.1) is 6.92 Å². The first-order valence-electron chi connectivity index (χ1n) is 8.79. The fourth-order valence-electron chi connectivity index (χ4n) is 2.63. The smallest absolute Gasteiger partial charge is 0.251 e. The van der Waals surface area contributed by atoms with Crippen LogP contribution in [-0.2, 0) is 4.79 Å². The van der Waals surface area contributed by atoms with Gasteiger partial charge in [-0.25, -0.2) is 4.98 Å². The Hall–Kier alpha value is -2.99. The van der Waals surface area contributed by atoms with Gasteiger partial charge in [-0.3, -0.25) is 9.59 Å². The van der Waals surface area contributed by atoms with Crippen molar-refractivity contribution in [2.45, 2.75) is 19.8 Å². The van der Waals surface area contributed by atoms with Crippen LogP contribution in [0.3, 0.4) is 0 Å². The number of thiazole rings is 1. The molecule has 0 aliphatic rings. The molecular formula is C21H21N3O2S. The van der Waals surface area contributed by atoms with Crippen molar-refractivity contribution in [1.29, 1.82) is 0 Å². The number of benzene rings is 2. The van der Waals surface area contributed by atoms with Gasteiger partial charge in [-0.2, -0.15) is 0 Å². The van der Waals surface area contributed by atoms with Crippen molar-refractivity contribution in [3.05, 3.63) is 71.9 Å². The molecule has 0 atom stereocenters. The van der Waals surface area contributed by atoms with Crippen molar-refractivity contribution in [3.8, 4) is 10.4 Å². The summed E-state index contributed by atoms with van der Waals surface area (Å²) in [6, 6.07) is 19.0. The molecule has 138 valence electrons. The van der Waals surface area contributed by atoms with Crippen LogP contribution in [0.5, 0.6) is 0 Å². The Balaban J connectivity index is 1.45. The first-order valence-corrected chi connectivity index (χ1v) is 9.61. The molecule has 0 saturated carbocycles. The highest BCUT2D eigenvalue weighted by molar-refractivity contribution is 7.19. The van der Waals surface area contributed by atoms with Crippen LogP contribution in [-0.4, -0.2) is 23.3 Å². The molecule has 5 nitrogen and oxygen atoms in total. The minimum atomic E-state index is -0.126. The van der Waals surface area contributed by atoms with E-state index in [2.05, 4.69) is 15.6 Å². The standard InChI is InChI=1S/C21H21N3O2S/c1-15-19(16-9-4-2-5-10-16)27-21(23-15)24-18(25)13-8-14-22-20(26)17-11-6-3-7-12-17/h2-7,9-12H,8,13-14H2,1H3,(H,22,26)(H,23,24,25). The Morgan fingerprint density at radius 1 is 1.00 bits per heavy atom. The molecule has 0 fully saturated rings. The number of aromatic nitrogens is 1. The summed E-state index contributed by atoms with van der Waals surface area (Å²) >= 11 is 1.47. The molecular weight excluding hydrogens is 358 g/mol. The Kier molecular flexibility index (Phi) is 6.33. The van der Waals surface area contributed by atoms with Crippen LogP contribution in [0.25, 0.3) is 10.4 Å². The molecule has 6 heteroatoms. The molecule has 0 saturated heterocycles. The maximum atomic E-state index is 12.1. The van der Waals surface area contributed by atoms with Gasteiger partial charge in [0.1, 0.15) is 0 Å². The van der Waals surface area contributed by atoms with E-state index < -0.39 is 0 Å². The molecule has 1 aromatic heterocycles. The number of amides is 2. The zero-order valence-electron chi connectivity index (χ0n) is 15.1. The molecule has 0 aliphatic carbocycles. The maximum absolute atomic E-state index is 12.1. The van der Waals surface area contributed by atoms with Gasteiger partial charge in [0.25, 0.3) is 5.91 Å². The van der Waals surface area contributed by atoms with E-state index in [1.807, 2.05) is 55.5 Å². The van der Waals surface area contributed by atoms with Gasteiger partial charge in [0.15, 0.2) is 5.13 Å². The predicted molar refractivity (Wildman–Crippen MR) is 109 cm³/mol. The summed E-state index contributed by atoms with van der Waals surface area (Å²) in [7, 11) is 0. The third kappa shape index (κ3) is 5.24. The third-order valence-corrected chi connectivity index (χ3v) is 5.10. The summed E-state index contributed by atoms with van der Waals surface area (Å²) in [5, 5.41) is 6.27. The van der Waals surface area contributed by atoms with Gasteiger partial charge in [0, 0.05) is 18.5 Å². The van der Waals surface area contributed by atoms with Gasteiger partial charge in [-0.15, -0.1) is 0 Å². The van der Waals surface area contributed by atoms with Gasteiger partial charge in [0.05, 0.1) is 10.6 Å². The minimum absolute atomic E-state index is 0.0997. The molecule has 0 aliphatic heterocycles. The molecule has 1 heterocycles. The topological polar surface area (TPSA) is 71.1 Å². The monoisotopic (exact) mass is 379 g/mol.